The summed E-state index contributed by atoms with van der Waals surface area (Å²) < 4.78 is 4.92. The minimum Gasteiger partial charge on any atom is -0.500 e. The van der Waals surface area contributed by atoms with Gasteiger partial charge < -0.3 is 9.84 Å². The monoisotopic (exact) mass is 379 g/mol. The van der Waals surface area contributed by atoms with E-state index in [0.29, 0.717) is 5.56 Å². The van der Waals surface area contributed by atoms with Crippen LogP contribution in [0.2, 0.25) is 0 Å². The van der Waals surface area contributed by atoms with Crippen molar-refractivity contribution < 1.29 is 19.6 Å². The van der Waals surface area contributed by atoms with Gasteiger partial charge in [0.05, 0.1) is 24.7 Å². The molecule has 3 rings (SSSR count). The Kier molecular flexibility index (Phi) is 5.50. The number of aromatic hydroxyl groups is 1. The predicted molar refractivity (Wildman–Crippen MR) is 105 cm³/mol. The van der Waals surface area contributed by atoms with Crippen molar-refractivity contribution in [1.82, 2.24) is 5.43 Å². The number of rotatable bonds is 6. The summed E-state index contributed by atoms with van der Waals surface area (Å²) in [5, 5.41) is 26.6. The standard InChI is InChI=1S/C20H17N3O5/c1-28-18-10-13(9-17(20(18)25)23(26)27)12-21-22-19(24)11-15-7-4-6-14-5-2-3-8-16(14)15/h2-10,12,25H,11H2,1H3,(H,22,24)/b21-12-. The van der Waals surface area contributed by atoms with E-state index in [4.69, 9.17) is 4.74 Å². The van der Waals surface area contributed by atoms with Gasteiger partial charge >= 0.3 is 5.69 Å². The average Bonchev–Trinajstić information content (AvgIpc) is 2.69. The molecule has 0 aliphatic heterocycles. The molecule has 0 aromatic heterocycles. The van der Waals surface area contributed by atoms with Gasteiger partial charge in [-0.15, -0.1) is 0 Å². The van der Waals surface area contributed by atoms with Crippen LogP contribution >= 0.6 is 0 Å². The summed E-state index contributed by atoms with van der Waals surface area (Å²) >= 11 is 0. The van der Waals surface area contributed by atoms with E-state index in [1.807, 2.05) is 42.5 Å². The van der Waals surface area contributed by atoms with E-state index >= 15 is 0 Å². The molecule has 0 radical (unpaired) electrons. The number of nitrogens with zero attached hydrogens (tertiary/aromatic N) is 2. The number of benzene rings is 3. The second-order valence-corrected chi connectivity index (χ2v) is 5.96. The molecule has 0 spiro atoms. The Balaban J connectivity index is 1.73. The zero-order chi connectivity index (χ0) is 20.1. The number of phenolic OH excluding ortho intramolecular Hbond substituents is 1. The predicted octanol–water partition coefficient (Wildman–Crippen LogP) is 3.16. The molecule has 8 heteroatoms. The smallest absolute Gasteiger partial charge is 0.315 e. The Bertz CT molecular complexity index is 1070. The van der Waals surface area contributed by atoms with Crippen molar-refractivity contribution in [2.75, 3.05) is 7.11 Å². The molecule has 1 amide bonds. The highest BCUT2D eigenvalue weighted by Gasteiger charge is 2.19. The first-order chi connectivity index (χ1) is 13.5. The second-order valence-electron chi connectivity index (χ2n) is 5.96. The molecule has 2 N–H and O–H groups in total. The van der Waals surface area contributed by atoms with Gasteiger partial charge in [-0.05, 0) is 22.4 Å². The van der Waals surface area contributed by atoms with Crippen LogP contribution in [0.4, 0.5) is 5.69 Å². The summed E-state index contributed by atoms with van der Waals surface area (Å²) in [6.45, 7) is 0. The third kappa shape index (κ3) is 4.07. The van der Waals surface area contributed by atoms with Crippen LogP contribution in [0, 0.1) is 10.1 Å². The van der Waals surface area contributed by atoms with E-state index in [2.05, 4.69) is 10.5 Å². The summed E-state index contributed by atoms with van der Waals surface area (Å²) in [5.41, 5.74) is 3.06. The first-order valence-corrected chi connectivity index (χ1v) is 8.33. The van der Waals surface area contributed by atoms with Crippen LogP contribution in [0.15, 0.2) is 59.7 Å². The summed E-state index contributed by atoms with van der Waals surface area (Å²) in [6.07, 6.45) is 1.38. The Morgan fingerprint density at radius 1 is 1.25 bits per heavy atom. The molecular formula is C20H17N3O5. The molecule has 0 aliphatic carbocycles. The maximum atomic E-state index is 12.2. The molecule has 3 aromatic rings. The Morgan fingerprint density at radius 3 is 2.75 bits per heavy atom. The number of carbonyl (C=O) groups excluding carboxylic acids is 1. The van der Waals surface area contributed by atoms with Crippen LogP contribution < -0.4 is 10.2 Å². The summed E-state index contributed by atoms with van der Waals surface area (Å²) in [6, 6.07) is 16.0. The molecule has 0 bridgehead atoms. The van der Waals surface area contributed by atoms with Gasteiger partial charge in [0.15, 0.2) is 5.75 Å². The maximum absolute atomic E-state index is 12.2. The van der Waals surface area contributed by atoms with Crippen LogP contribution in [0.3, 0.4) is 0 Å². The largest absolute Gasteiger partial charge is 0.500 e. The van der Waals surface area contributed by atoms with Crippen LogP contribution in [0.5, 0.6) is 11.5 Å². The molecule has 8 nitrogen and oxygen atoms in total. The van der Waals surface area contributed by atoms with Crippen LogP contribution in [0.25, 0.3) is 10.8 Å². The van der Waals surface area contributed by atoms with Crippen molar-refractivity contribution in [3.63, 3.8) is 0 Å². The van der Waals surface area contributed by atoms with Crippen LogP contribution in [0.1, 0.15) is 11.1 Å². The number of fused-ring (bicyclic) bond motifs is 1. The summed E-state index contributed by atoms with van der Waals surface area (Å²) in [4.78, 5) is 22.5. The van der Waals surface area contributed by atoms with E-state index in [-0.39, 0.29) is 18.1 Å². The number of phenols is 1. The molecule has 0 saturated heterocycles. The van der Waals surface area contributed by atoms with E-state index < -0.39 is 16.4 Å². The molecule has 28 heavy (non-hydrogen) atoms. The van der Waals surface area contributed by atoms with Crippen molar-refractivity contribution in [2.24, 2.45) is 5.10 Å². The molecule has 0 unspecified atom stereocenters. The fourth-order valence-corrected chi connectivity index (χ4v) is 2.82. The van der Waals surface area contributed by atoms with Gasteiger partial charge in [-0.25, -0.2) is 5.43 Å². The van der Waals surface area contributed by atoms with Crippen molar-refractivity contribution in [2.45, 2.75) is 6.42 Å². The first-order valence-electron chi connectivity index (χ1n) is 8.33. The Morgan fingerprint density at radius 2 is 2.00 bits per heavy atom. The molecule has 0 atom stereocenters. The van der Waals surface area contributed by atoms with E-state index in [1.165, 1.54) is 19.4 Å². The van der Waals surface area contributed by atoms with Crippen molar-refractivity contribution in [3.8, 4) is 11.5 Å². The van der Waals surface area contributed by atoms with E-state index in [0.717, 1.165) is 22.4 Å². The van der Waals surface area contributed by atoms with Gasteiger partial charge in [0.2, 0.25) is 11.7 Å². The van der Waals surface area contributed by atoms with Gasteiger partial charge in [-0.3, -0.25) is 14.9 Å². The zero-order valence-corrected chi connectivity index (χ0v) is 15.0. The Hall–Kier alpha value is -3.94. The lowest BCUT2D eigenvalue weighted by Gasteiger charge is -2.06. The number of methoxy groups -OCH3 is 1. The number of hydrazone groups is 1. The maximum Gasteiger partial charge on any atom is 0.315 e. The fourth-order valence-electron chi connectivity index (χ4n) is 2.82. The number of amides is 1. The van der Waals surface area contributed by atoms with Gasteiger partial charge in [0.1, 0.15) is 0 Å². The van der Waals surface area contributed by atoms with Gasteiger partial charge in [-0.2, -0.15) is 5.10 Å². The molecule has 0 fully saturated rings. The first kappa shape index (κ1) is 18.8. The zero-order valence-electron chi connectivity index (χ0n) is 15.0. The SMILES string of the molecule is COc1cc(/C=N\NC(=O)Cc2cccc3ccccc23)cc([N+](=O)[O-])c1O. The van der Waals surface area contributed by atoms with Gasteiger partial charge in [-0.1, -0.05) is 42.5 Å². The lowest BCUT2D eigenvalue weighted by molar-refractivity contribution is -0.386. The number of nitro groups is 1. The normalized spacial score (nSPS) is 10.9. The molecule has 0 heterocycles. The van der Waals surface area contributed by atoms with Crippen LogP contribution in [-0.2, 0) is 11.2 Å². The quantitative estimate of drug-likeness (QED) is 0.388. The van der Waals surface area contributed by atoms with E-state index in [9.17, 15) is 20.0 Å². The minimum absolute atomic E-state index is 0.0577. The highest BCUT2D eigenvalue weighted by molar-refractivity contribution is 5.91. The highest BCUT2D eigenvalue weighted by Crippen LogP contribution is 2.36. The number of hydrogen-bond acceptors (Lipinski definition) is 6. The minimum atomic E-state index is -0.728. The van der Waals surface area contributed by atoms with Crippen molar-refractivity contribution in [1.29, 1.82) is 0 Å². The van der Waals surface area contributed by atoms with E-state index in [1.54, 1.807) is 0 Å². The average molecular weight is 379 g/mol. The second kappa shape index (κ2) is 8.17. The van der Waals surface area contributed by atoms with Gasteiger partial charge in [0, 0.05) is 11.6 Å². The molecule has 3 aromatic carbocycles. The number of hydrogen-bond donors (Lipinski definition) is 2. The number of carbonyl (C=O) groups is 1. The van der Waals surface area contributed by atoms with Crippen LogP contribution in [-0.4, -0.2) is 29.3 Å². The topological polar surface area (TPSA) is 114 Å². The lowest BCUT2D eigenvalue weighted by atomic mass is 10.0. The molecule has 0 saturated carbocycles. The molecular weight excluding hydrogens is 362 g/mol. The van der Waals surface area contributed by atoms with Gasteiger partial charge in [0.25, 0.3) is 0 Å². The number of ether oxygens (including phenoxy) is 1. The summed E-state index contributed by atoms with van der Waals surface area (Å²) in [7, 11) is 1.28. The number of nitrogens with one attached hydrogen (secondary N) is 1. The van der Waals surface area contributed by atoms with Crippen molar-refractivity contribution >= 4 is 28.6 Å². The third-order valence-electron chi connectivity index (χ3n) is 4.13. The highest BCUT2D eigenvalue weighted by atomic mass is 16.6. The molecule has 0 aliphatic rings. The van der Waals surface area contributed by atoms with Crippen molar-refractivity contribution in [3.05, 3.63) is 75.8 Å². The summed E-state index contributed by atoms with van der Waals surface area (Å²) in [5.74, 6) is -0.949. The fraction of sp³-hybridized carbons (Fsp3) is 0.100. The lowest BCUT2D eigenvalue weighted by Crippen LogP contribution is -2.19. The molecule has 142 valence electrons. The number of nitro benzene ring substituents is 1. The Labute approximate surface area is 160 Å². The third-order valence-corrected chi connectivity index (χ3v) is 4.13.